The molecule has 1 atom stereocenters. The molecular weight excluding hydrogens is 384 g/mol. The van der Waals surface area contributed by atoms with E-state index in [9.17, 15) is 9.59 Å². The molecule has 1 aliphatic rings. The number of fused-ring (bicyclic) bond motifs is 1. The summed E-state index contributed by atoms with van der Waals surface area (Å²) in [7, 11) is 0. The van der Waals surface area contributed by atoms with Gasteiger partial charge in [-0.3, -0.25) is 19.4 Å². The third-order valence-corrected chi connectivity index (χ3v) is 5.87. The van der Waals surface area contributed by atoms with Crippen molar-refractivity contribution < 1.29 is 9.59 Å². The summed E-state index contributed by atoms with van der Waals surface area (Å²) in [4.78, 5) is 29.8. The maximum atomic E-state index is 13.0. The van der Waals surface area contributed by atoms with Crippen molar-refractivity contribution in [2.24, 2.45) is 0 Å². The zero-order chi connectivity index (χ0) is 21.6. The summed E-state index contributed by atoms with van der Waals surface area (Å²) < 4.78 is 0. The monoisotopic (exact) mass is 412 g/mol. The van der Waals surface area contributed by atoms with Crippen molar-refractivity contribution in [1.29, 1.82) is 0 Å². The molecule has 0 N–H and O–H groups in total. The fraction of sp³-hybridized carbons (Fsp3) is 0.259. The van der Waals surface area contributed by atoms with E-state index in [1.54, 1.807) is 12.1 Å². The van der Waals surface area contributed by atoms with Crippen molar-refractivity contribution in [3.8, 4) is 0 Å². The number of hydrogen-bond donors (Lipinski definition) is 0. The first-order valence-electron chi connectivity index (χ1n) is 10.9. The third-order valence-electron chi connectivity index (χ3n) is 5.87. The summed E-state index contributed by atoms with van der Waals surface area (Å²) in [5, 5.41) is 0. The Hall–Kier alpha value is -3.24. The predicted molar refractivity (Wildman–Crippen MR) is 123 cm³/mol. The van der Waals surface area contributed by atoms with Gasteiger partial charge in [0.25, 0.3) is 11.8 Å². The quantitative estimate of drug-likeness (QED) is 0.456. The van der Waals surface area contributed by atoms with Gasteiger partial charge in [-0.2, -0.15) is 0 Å². The van der Waals surface area contributed by atoms with Gasteiger partial charge in [0.2, 0.25) is 0 Å². The molecule has 0 unspecified atom stereocenters. The average Bonchev–Trinajstić information content (AvgIpc) is 3.05. The molecular formula is C27H28N2O2. The van der Waals surface area contributed by atoms with Gasteiger partial charge in [-0.25, -0.2) is 0 Å². The number of hydrogen-bond acceptors (Lipinski definition) is 3. The largest absolute Gasteiger partial charge is 0.290 e. The number of amides is 2. The molecule has 31 heavy (non-hydrogen) atoms. The molecule has 0 aromatic heterocycles. The highest BCUT2D eigenvalue weighted by atomic mass is 16.2. The lowest BCUT2D eigenvalue weighted by Gasteiger charge is -2.34. The third kappa shape index (κ3) is 4.75. The van der Waals surface area contributed by atoms with E-state index in [2.05, 4.69) is 60.4 Å². The van der Waals surface area contributed by atoms with Gasteiger partial charge in [-0.05, 0) is 29.7 Å². The minimum absolute atomic E-state index is 0.0765. The van der Waals surface area contributed by atoms with Crippen LogP contribution in [0.4, 0.5) is 0 Å². The van der Waals surface area contributed by atoms with Gasteiger partial charge in [-0.1, -0.05) is 86.1 Å². The van der Waals surface area contributed by atoms with Gasteiger partial charge < -0.3 is 0 Å². The zero-order valence-electron chi connectivity index (χ0n) is 17.9. The highest BCUT2D eigenvalue weighted by Gasteiger charge is 2.37. The molecule has 0 aliphatic carbocycles. The highest BCUT2D eigenvalue weighted by Crippen LogP contribution is 2.25. The number of benzene rings is 3. The molecule has 3 aromatic carbocycles. The minimum Gasteiger partial charge on any atom is -0.290 e. The summed E-state index contributed by atoms with van der Waals surface area (Å²) in [5.74, 6) is -0.359. The van der Waals surface area contributed by atoms with Gasteiger partial charge in [0, 0.05) is 25.7 Å². The van der Waals surface area contributed by atoms with Gasteiger partial charge in [0.05, 0.1) is 11.1 Å². The second-order valence-electron chi connectivity index (χ2n) is 8.09. The second kappa shape index (κ2) is 9.71. The maximum Gasteiger partial charge on any atom is 0.261 e. The topological polar surface area (TPSA) is 40.6 Å². The first kappa shape index (κ1) is 21.0. The molecule has 0 fully saturated rings. The molecule has 4 nitrogen and oxygen atoms in total. The minimum atomic E-state index is -0.180. The van der Waals surface area contributed by atoms with Crippen molar-refractivity contribution in [3.05, 3.63) is 107 Å². The molecule has 0 bridgehead atoms. The first-order valence-corrected chi connectivity index (χ1v) is 10.9. The van der Waals surface area contributed by atoms with E-state index in [1.165, 1.54) is 16.0 Å². The lowest BCUT2D eigenvalue weighted by molar-refractivity contribution is 0.0566. The summed E-state index contributed by atoms with van der Waals surface area (Å²) in [6.45, 7) is 4.09. The van der Waals surface area contributed by atoms with E-state index in [1.807, 2.05) is 24.3 Å². The Morgan fingerprint density at radius 2 is 1.16 bits per heavy atom. The molecule has 1 aliphatic heterocycles. The Bertz CT molecular complexity index is 957. The Morgan fingerprint density at radius 1 is 0.710 bits per heavy atom. The number of carbonyl (C=O) groups excluding carboxylic acids is 2. The van der Waals surface area contributed by atoms with E-state index < -0.39 is 0 Å². The predicted octanol–water partition coefficient (Wildman–Crippen LogP) is 5.15. The first-order chi connectivity index (χ1) is 15.2. The zero-order valence-corrected chi connectivity index (χ0v) is 17.9. The van der Waals surface area contributed by atoms with Crippen LogP contribution in [-0.4, -0.2) is 34.2 Å². The van der Waals surface area contributed by atoms with E-state index >= 15 is 0 Å². The molecule has 0 saturated heterocycles. The molecule has 0 spiro atoms. The van der Waals surface area contributed by atoms with Gasteiger partial charge in [0.1, 0.15) is 0 Å². The summed E-state index contributed by atoms with van der Waals surface area (Å²) in [6, 6.07) is 28.0. The standard InChI is InChI=1S/C27H28N2O2/c1-2-11-23(20-29-26(30)24-16-9-10-17-25(24)27(29)31)28(18-21-12-5-3-6-13-21)19-22-14-7-4-8-15-22/h3-10,12-17,23H,2,11,18-20H2,1H3/t23-/m1/s1. The van der Waals surface area contributed by atoms with E-state index in [-0.39, 0.29) is 17.9 Å². The van der Waals surface area contributed by atoms with Gasteiger partial charge in [-0.15, -0.1) is 0 Å². The van der Waals surface area contributed by atoms with E-state index in [0.717, 1.165) is 25.9 Å². The molecule has 0 radical (unpaired) electrons. The molecule has 158 valence electrons. The Balaban J connectivity index is 1.60. The molecule has 2 amide bonds. The highest BCUT2D eigenvalue weighted by molar-refractivity contribution is 6.21. The lowest BCUT2D eigenvalue weighted by atomic mass is 10.1. The van der Waals surface area contributed by atoms with E-state index in [4.69, 9.17) is 0 Å². The van der Waals surface area contributed by atoms with Crippen LogP contribution in [0.25, 0.3) is 0 Å². The number of rotatable bonds is 9. The lowest BCUT2D eigenvalue weighted by Crippen LogP contribution is -2.45. The summed E-state index contributed by atoms with van der Waals surface area (Å²) >= 11 is 0. The van der Waals surface area contributed by atoms with Crippen LogP contribution in [0.15, 0.2) is 84.9 Å². The van der Waals surface area contributed by atoms with Crippen LogP contribution < -0.4 is 0 Å². The molecule has 3 aromatic rings. The maximum absolute atomic E-state index is 13.0. The van der Waals surface area contributed by atoms with Crippen molar-refractivity contribution in [2.75, 3.05) is 6.54 Å². The molecule has 4 rings (SSSR count). The van der Waals surface area contributed by atoms with Crippen LogP contribution in [0.5, 0.6) is 0 Å². The average molecular weight is 413 g/mol. The van der Waals surface area contributed by atoms with Crippen molar-refractivity contribution in [3.63, 3.8) is 0 Å². The summed E-state index contributed by atoms with van der Waals surface area (Å²) in [6.07, 6.45) is 1.89. The summed E-state index contributed by atoms with van der Waals surface area (Å²) in [5.41, 5.74) is 3.48. The van der Waals surface area contributed by atoms with Crippen LogP contribution in [0, 0.1) is 0 Å². The van der Waals surface area contributed by atoms with Crippen LogP contribution in [-0.2, 0) is 13.1 Å². The fourth-order valence-electron chi connectivity index (χ4n) is 4.29. The van der Waals surface area contributed by atoms with E-state index in [0.29, 0.717) is 17.7 Å². The number of carbonyl (C=O) groups is 2. The Kier molecular flexibility index (Phi) is 6.58. The molecule has 4 heteroatoms. The van der Waals surface area contributed by atoms with Crippen molar-refractivity contribution in [1.82, 2.24) is 9.80 Å². The SMILES string of the molecule is CCC[C@H](CN1C(=O)c2ccccc2C1=O)N(Cc1ccccc1)Cc1ccccc1. The van der Waals surface area contributed by atoms with Crippen LogP contribution in [0.1, 0.15) is 51.6 Å². The van der Waals surface area contributed by atoms with Crippen molar-refractivity contribution in [2.45, 2.75) is 38.9 Å². The van der Waals surface area contributed by atoms with Crippen LogP contribution in [0.2, 0.25) is 0 Å². The van der Waals surface area contributed by atoms with Gasteiger partial charge in [0.15, 0.2) is 0 Å². The van der Waals surface area contributed by atoms with Crippen molar-refractivity contribution >= 4 is 11.8 Å². The van der Waals surface area contributed by atoms with Gasteiger partial charge >= 0.3 is 0 Å². The number of nitrogens with zero attached hydrogens (tertiary/aromatic N) is 2. The smallest absolute Gasteiger partial charge is 0.261 e. The van der Waals surface area contributed by atoms with Crippen LogP contribution in [0.3, 0.4) is 0 Å². The Labute approximate surface area is 184 Å². The van der Waals surface area contributed by atoms with Crippen LogP contribution >= 0.6 is 0 Å². The number of imide groups is 1. The Morgan fingerprint density at radius 3 is 1.61 bits per heavy atom. The molecule has 1 heterocycles. The molecule has 0 saturated carbocycles. The fourth-order valence-corrected chi connectivity index (χ4v) is 4.29. The normalized spacial score (nSPS) is 14.2. The second-order valence-corrected chi connectivity index (χ2v) is 8.09.